The molecule has 0 atom stereocenters. The maximum atomic E-state index is 6.67. The molecule has 262 valence electrons. The SMILES string of the molecule is c1ccc(-c2ccc(-c3ccc(N(c4ccc(-c5cc6ccccc6c6ccccc56)cc4)c4cccc5oc6c7ccccc7ccc6c45)cc3)cc2)cc1. The van der Waals surface area contributed by atoms with Crippen molar-refractivity contribution in [3.63, 3.8) is 0 Å². The molecule has 10 aromatic carbocycles. The highest BCUT2D eigenvalue weighted by molar-refractivity contribution is 6.20. The number of rotatable bonds is 6. The van der Waals surface area contributed by atoms with Crippen LogP contribution in [-0.2, 0) is 0 Å². The Hall–Kier alpha value is -7.42. The summed E-state index contributed by atoms with van der Waals surface area (Å²) in [5.41, 5.74) is 12.2. The predicted octanol–water partition coefficient (Wildman–Crippen LogP) is 15.5. The van der Waals surface area contributed by atoms with Crippen molar-refractivity contribution in [1.29, 1.82) is 0 Å². The first-order chi connectivity index (χ1) is 27.8. The average Bonchev–Trinajstić information content (AvgIpc) is 3.67. The molecule has 0 bridgehead atoms. The van der Waals surface area contributed by atoms with Crippen LogP contribution in [0.3, 0.4) is 0 Å². The summed E-state index contributed by atoms with van der Waals surface area (Å²) in [5.74, 6) is 0. The van der Waals surface area contributed by atoms with Crippen LogP contribution in [0, 0.1) is 0 Å². The topological polar surface area (TPSA) is 16.4 Å². The van der Waals surface area contributed by atoms with E-state index in [0.717, 1.165) is 44.4 Å². The van der Waals surface area contributed by atoms with Gasteiger partial charge >= 0.3 is 0 Å². The lowest BCUT2D eigenvalue weighted by molar-refractivity contribution is 0.672. The number of nitrogens with zero attached hydrogens (tertiary/aromatic N) is 1. The first-order valence-electron chi connectivity index (χ1n) is 19.2. The fourth-order valence-electron chi connectivity index (χ4n) is 8.52. The van der Waals surface area contributed by atoms with Gasteiger partial charge in [-0.15, -0.1) is 0 Å². The second-order valence-electron chi connectivity index (χ2n) is 14.5. The molecule has 0 radical (unpaired) electrons. The smallest absolute Gasteiger partial charge is 0.143 e. The van der Waals surface area contributed by atoms with Crippen molar-refractivity contribution in [2.24, 2.45) is 0 Å². The van der Waals surface area contributed by atoms with Crippen LogP contribution in [0.1, 0.15) is 0 Å². The zero-order valence-corrected chi connectivity index (χ0v) is 30.6. The molecule has 0 spiro atoms. The van der Waals surface area contributed by atoms with Crippen LogP contribution in [-0.4, -0.2) is 0 Å². The van der Waals surface area contributed by atoms with Gasteiger partial charge in [0.25, 0.3) is 0 Å². The van der Waals surface area contributed by atoms with Crippen LogP contribution >= 0.6 is 0 Å². The van der Waals surface area contributed by atoms with Crippen LogP contribution in [0.5, 0.6) is 0 Å². The minimum atomic E-state index is 0.869. The second-order valence-corrected chi connectivity index (χ2v) is 14.5. The Labute approximate surface area is 325 Å². The quantitative estimate of drug-likeness (QED) is 0.160. The molecule has 0 aliphatic carbocycles. The van der Waals surface area contributed by atoms with Gasteiger partial charge in [-0.2, -0.15) is 0 Å². The van der Waals surface area contributed by atoms with Crippen molar-refractivity contribution >= 4 is 71.3 Å². The normalized spacial score (nSPS) is 11.6. The van der Waals surface area contributed by atoms with Gasteiger partial charge in [-0.25, -0.2) is 0 Å². The van der Waals surface area contributed by atoms with Crippen molar-refractivity contribution in [3.8, 4) is 33.4 Å². The summed E-state index contributed by atoms with van der Waals surface area (Å²) in [5, 5.41) is 9.53. The number of hydrogen-bond acceptors (Lipinski definition) is 2. The zero-order valence-electron chi connectivity index (χ0n) is 30.6. The van der Waals surface area contributed by atoms with E-state index in [2.05, 4.69) is 217 Å². The number of furan rings is 1. The Balaban J connectivity index is 1.05. The predicted molar refractivity (Wildman–Crippen MR) is 237 cm³/mol. The van der Waals surface area contributed by atoms with E-state index in [9.17, 15) is 0 Å². The highest BCUT2D eigenvalue weighted by atomic mass is 16.3. The molecule has 0 aliphatic heterocycles. The molecular formula is C54H35NO. The van der Waals surface area contributed by atoms with E-state index >= 15 is 0 Å². The molecule has 0 amide bonds. The van der Waals surface area contributed by atoms with Gasteiger partial charge in [0.2, 0.25) is 0 Å². The molecule has 0 unspecified atom stereocenters. The Bertz CT molecular complexity index is 3210. The summed E-state index contributed by atoms with van der Waals surface area (Å²) >= 11 is 0. The summed E-state index contributed by atoms with van der Waals surface area (Å²) < 4.78 is 6.67. The van der Waals surface area contributed by atoms with Crippen molar-refractivity contribution in [2.75, 3.05) is 4.90 Å². The van der Waals surface area contributed by atoms with Gasteiger partial charge in [0.15, 0.2) is 0 Å². The zero-order chi connectivity index (χ0) is 37.0. The Morgan fingerprint density at radius 2 is 0.857 bits per heavy atom. The molecule has 1 heterocycles. The lowest BCUT2D eigenvalue weighted by Gasteiger charge is -2.27. The highest BCUT2D eigenvalue weighted by Gasteiger charge is 2.21. The molecule has 1 aromatic heterocycles. The highest BCUT2D eigenvalue weighted by Crippen LogP contribution is 2.45. The Morgan fingerprint density at radius 1 is 0.321 bits per heavy atom. The van der Waals surface area contributed by atoms with E-state index in [1.165, 1.54) is 60.3 Å². The van der Waals surface area contributed by atoms with E-state index in [-0.39, 0.29) is 0 Å². The van der Waals surface area contributed by atoms with Gasteiger partial charge in [0, 0.05) is 22.1 Å². The molecule has 11 rings (SSSR count). The average molecular weight is 714 g/mol. The summed E-state index contributed by atoms with van der Waals surface area (Å²) in [6.45, 7) is 0. The van der Waals surface area contributed by atoms with Gasteiger partial charge in [-0.1, -0.05) is 164 Å². The molecule has 0 saturated carbocycles. The van der Waals surface area contributed by atoms with Crippen LogP contribution in [0.2, 0.25) is 0 Å². The number of fused-ring (bicyclic) bond motifs is 8. The largest absolute Gasteiger partial charge is 0.455 e. The standard InChI is InChI=1S/C54H35NO/c1-2-11-36(12-3-1)37-21-23-38(24-22-37)39-25-30-43(31-26-39)55(51-19-10-20-52-53(51)49-34-29-40-13-4-7-16-46(40)54(49)56-52)44-32-27-41(28-33-44)50-35-42-14-5-6-15-45(42)47-17-8-9-18-48(47)50/h1-35H. The summed E-state index contributed by atoms with van der Waals surface area (Å²) in [4.78, 5) is 2.37. The minimum absolute atomic E-state index is 0.869. The Morgan fingerprint density at radius 3 is 1.55 bits per heavy atom. The third-order valence-electron chi connectivity index (χ3n) is 11.3. The monoisotopic (exact) mass is 713 g/mol. The van der Waals surface area contributed by atoms with Gasteiger partial charge in [-0.3, -0.25) is 0 Å². The summed E-state index contributed by atoms with van der Waals surface area (Å²) in [7, 11) is 0. The van der Waals surface area contributed by atoms with Crippen molar-refractivity contribution in [1.82, 2.24) is 0 Å². The summed E-state index contributed by atoms with van der Waals surface area (Å²) in [6.07, 6.45) is 0. The Kier molecular flexibility index (Phi) is 7.53. The lowest BCUT2D eigenvalue weighted by atomic mass is 9.93. The third-order valence-corrected chi connectivity index (χ3v) is 11.3. The molecule has 0 fully saturated rings. The van der Waals surface area contributed by atoms with E-state index < -0.39 is 0 Å². The van der Waals surface area contributed by atoms with Crippen LogP contribution < -0.4 is 4.90 Å². The van der Waals surface area contributed by atoms with Crippen LogP contribution in [0.15, 0.2) is 217 Å². The molecule has 0 N–H and O–H groups in total. The molecule has 56 heavy (non-hydrogen) atoms. The van der Waals surface area contributed by atoms with Crippen LogP contribution in [0.4, 0.5) is 17.1 Å². The van der Waals surface area contributed by atoms with E-state index in [0.29, 0.717) is 0 Å². The fourth-order valence-corrected chi connectivity index (χ4v) is 8.52. The second kappa shape index (κ2) is 13.2. The van der Waals surface area contributed by atoms with Gasteiger partial charge in [0.1, 0.15) is 11.2 Å². The van der Waals surface area contributed by atoms with Crippen molar-refractivity contribution < 1.29 is 4.42 Å². The minimum Gasteiger partial charge on any atom is -0.455 e. The van der Waals surface area contributed by atoms with Gasteiger partial charge in [-0.05, 0) is 109 Å². The number of anilines is 3. The molecular weight excluding hydrogens is 679 g/mol. The molecule has 2 nitrogen and oxygen atoms in total. The maximum Gasteiger partial charge on any atom is 0.143 e. The lowest BCUT2D eigenvalue weighted by Crippen LogP contribution is -2.10. The first kappa shape index (κ1) is 32.0. The number of hydrogen-bond donors (Lipinski definition) is 0. The molecule has 0 aliphatic rings. The van der Waals surface area contributed by atoms with Crippen molar-refractivity contribution in [2.45, 2.75) is 0 Å². The van der Waals surface area contributed by atoms with Crippen LogP contribution in [0.25, 0.3) is 87.6 Å². The third kappa shape index (κ3) is 5.34. The molecule has 0 saturated heterocycles. The van der Waals surface area contributed by atoms with E-state index in [4.69, 9.17) is 4.42 Å². The maximum absolute atomic E-state index is 6.67. The fraction of sp³-hybridized carbons (Fsp3) is 0. The van der Waals surface area contributed by atoms with Gasteiger partial charge in [0.05, 0.1) is 11.1 Å². The number of benzene rings is 10. The van der Waals surface area contributed by atoms with Gasteiger partial charge < -0.3 is 9.32 Å². The molecule has 2 heteroatoms. The van der Waals surface area contributed by atoms with Crippen molar-refractivity contribution in [3.05, 3.63) is 212 Å². The summed E-state index contributed by atoms with van der Waals surface area (Å²) in [6, 6.07) is 76.4. The molecule has 11 aromatic rings. The first-order valence-corrected chi connectivity index (χ1v) is 19.2. The van der Waals surface area contributed by atoms with E-state index in [1.807, 2.05) is 0 Å². The van der Waals surface area contributed by atoms with E-state index in [1.54, 1.807) is 0 Å².